The molecule has 2 amide bonds. The third kappa shape index (κ3) is 4.73. The van der Waals surface area contributed by atoms with Crippen molar-refractivity contribution >= 4 is 11.7 Å². The summed E-state index contributed by atoms with van der Waals surface area (Å²) < 4.78 is 5.30. The first kappa shape index (κ1) is 17.3. The lowest BCUT2D eigenvalue weighted by molar-refractivity contribution is 0.211. The summed E-state index contributed by atoms with van der Waals surface area (Å²) in [7, 11) is 1.61. The van der Waals surface area contributed by atoms with Gasteiger partial charge in [0.05, 0.1) is 12.8 Å². The number of carbonyl (C=O) groups excluding carboxylic acids is 1. The third-order valence-corrected chi connectivity index (χ3v) is 4.47. The van der Waals surface area contributed by atoms with Crippen molar-refractivity contribution in [3.8, 4) is 5.75 Å². The molecule has 1 aliphatic heterocycles. The van der Waals surface area contributed by atoms with Crippen LogP contribution in [0.3, 0.4) is 0 Å². The second kappa shape index (κ2) is 8.53. The first-order valence-corrected chi connectivity index (χ1v) is 8.71. The van der Waals surface area contributed by atoms with Crippen LogP contribution >= 0.6 is 0 Å². The van der Waals surface area contributed by atoms with Gasteiger partial charge in [0.2, 0.25) is 0 Å². The Kier molecular flexibility index (Phi) is 5.90. The molecular formula is C20H25N3O2. The Morgan fingerprint density at radius 1 is 1.00 bits per heavy atom. The first-order valence-electron chi connectivity index (χ1n) is 8.71. The maximum Gasteiger partial charge on any atom is 0.321 e. The molecule has 1 heterocycles. The summed E-state index contributed by atoms with van der Waals surface area (Å²) in [6.45, 7) is 4.32. The largest absolute Gasteiger partial charge is 0.495 e. The van der Waals surface area contributed by atoms with Crippen LogP contribution in [0.4, 0.5) is 10.5 Å². The highest BCUT2D eigenvalue weighted by molar-refractivity contribution is 5.91. The molecule has 0 spiro atoms. The van der Waals surface area contributed by atoms with Gasteiger partial charge in [0.25, 0.3) is 0 Å². The number of benzene rings is 2. The number of nitrogens with zero attached hydrogens (tertiary/aromatic N) is 2. The fourth-order valence-electron chi connectivity index (χ4n) is 3.12. The molecule has 132 valence electrons. The van der Waals surface area contributed by atoms with Crippen molar-refractivity contribution in [2.75, 3.05) is 38.6 Å². The Morgan fingerprint density at radius 2 is 1.76 bits per heavy atom. The minimum Gasteiger partial charge on any atom is -0.495 e. The summed E-state index contributed by atoms with van der Waals surface area (Å²) in [4.78, 5) is 16.9. The van der Waals surface area contributed by atoms with E-state index in [1.165, 1.54) is 5.56 Å². The van der Waals surface area contributed by atoms with Crippen LogP contribution in [0, 0.1) is 0 Å². The monoisotopic (exact) mass is 339 g/mol. The van der Waals surface area contributed by atoms with E-state index < -0.39 is 0 Å². The topological polar surface area (TPSA) is 44.8 Å². The van der Waals surface area contributed by atoms with Crippen molar-refractivity contribution in [3.63, 3.8) is 0 Å². The van der Waals surface area contributed by atoms with Gasteiger partial charge in [0.15, 0.2) is 0 Å². The summed E-state index contributed by atoms with van der Waals surface area (Å²) in [6, 6.07) is 17.9. The highest BCUT2D eigenvalue weighted by Crippen LogP contribution is 2.23. The minimum atomic E-state index is -0.0638. The van der Waals surface area contributed by atoms with Gasteiger partial charge in [-0.15, -0.1) is 0 Å². The van der Waals surface area contributed by atoms with Gasteiger partial charge in [0, 0.05) is 32.7 Å². The summed E-state index contributed by atoms with van der Waals surface area (Å²) in [5.41, 5.74) is 2.02. The molecule has 3 rings (SSSR count). The quantitative estimate of drug-likeness (QED) is 0.928. The Morgan fingerprint density at radius 3 is 2.56 bits per heavy atom. The first-order chi connectivity index (χ1) is 12.3. The number of methoxy groups -OCH3 is 1. The van der Waals surface area contributed by atoms with Crippen LogP contribution in [-0.2, 0) is 6.54 Å². The van der Waals surface area contributed by atoms with Crippen LogP contribution in [0.5, 0.6) is 5.75 Å². The molecule has 0 saturated carbocycles. The average Bonchev–Trinajstić information content (AvgIpc) is 2.89. The predicted molar refractivity (Wildman–Crippen MR) is 99.9 cm³/mol. The number of nitrogens with one attached hydrogen (secondary N) is 1. The fraction of sp³-hybridized carbons (Fsp3) is 0.350. The number of hydrogen-bond donors (Lipinski definition) is 1. The van der Waals surface area contributed by atoms with E-state index in [1.807, 2.05) is 35.2 Å². The normalized spacial score (nSPS) is 15.5. The lowest BCUT2D eigenvalue weighted by Gasteiger charge is -2.23. The number of anilines is 1. The number of ether oxygens (including phenoxy) is 1. The molecule has 0 bridgehead atoms. The summed E-state index contributed by atoms with van der Waals surface area (Å²) >= 11 is 0. The SMILES string of the molecule is COc1ccccc1NC(=O)N1CCCN(Cc2ccccc2)CC1. The second-order valence-corrected chi connectivity index (χ2v) is 6.23. The van der Waals surface area contributed by atoms with Crippen molar-refractivity contribution in [2.24, 2.45) is 0 Å². The number of rotatable bonds is 4. The molecule has 2 aromatic rings. The molecule has 2 aromatic carbocycles. The van der Waals surface area contributed by atoms with Crippen molar-refractivity contribution in [2.45, 2.75) is 13.0 Å². The lowest BCUT2D eigenvalue weighted by atomic mass is 10.2. The van der Waals surface area contributed by atoms with E-state index in [1.54, 1.807) is 7.11 Å². The zero-order chi connectivity index (χ0) is 17.5. The fourth-order valence-corrected chi connectivity index (χ4v) is 3.12. The smallest absolute Gasteiger partial charge is 0.321 e. The molecule has 5 nitrogen and oxygen atoms in total. The molecule has 0 aromatic heterocycles. The molecule has 1 aliphatic rings. The molecule has 1 N–H and O–H groups in total. The Hall–Kier alpha value is -2.53. The number of amides is 2. The van der Waals surface area contributed by atoms with Gasteiger partial charge in [-0.3, -0.25) is 4.90 Å². The van der Waals surface area contributed by atoms with Crippen LogP contribution in [0.1, 0.15) is 12.0 Å². The van der Waals surface area contributed by atoms with E-state index in [2.05, 4.69) is 34.5 Å². The van der Waals surface area contributed by atoms with Gasteiger partial charge in [-0.25, -0.2) is 4.79 Å². The van der Waals surface area contributed by atoms with Crippen LogP contribution in [0.25, 0.3) is 0 Å². The van der Waals surface area contributed by atoms with Gasteiger partial charge in [0.1, 0.15) is 5.75 Å². The van der Waals surface area contributed by atoms with Gasteiger partial charge in [-0.05, 0) is 24.1 Å². The Labute approximate surface area is 149 Å². The zero-order valence-corrected chi connectivity index (χ0v) is 14.6. The van der Waals surface area contributed by atoms with Crippen molar-refractivity contribution in [3.05, 3.63) is 60.2 Å². The molecule has 5 heteroatoms. The number of hydrogen-bond acceptors (Lipinski definition) is 3. The third-order valence-electron chi connectivity index (χ3n) is 4.47. The van der Waals surface area contributed by atoms with Crippen LogP contribution in [0.2, 0.25) is 0 Å². The Bertz CT molecular complexity index is 690. The predicted octanol–water partition coefficient (Wildman–Crippen LogP) is 3.44. The highest BCUT2D eigenvalue weighted by Gasteiger charge is 2.20. The van der Waals surface area contributed by atoms with Gasteiger partial charge in [-0.1, -0.05) is 42.5 Å². The number of carbonyl (C=O) groups is 1. The van der Waals surface area contributed by atoms with E-state index in [0.29, 0.717) is 11.4 Å². The second-order valence-electron chi connectivity index (χ2n) is 6.23. The Balaban J connectivity index is 1.56. The molecule has 1 fully saturated rings. The van der Waals surface area contributed by atoms with Gasteiger partial charge >= 0.3 is 6.03 Å². The molecular weight excluding hydrogens is 314 g/mol. The van der Waals surface area contributed by atoms with E-state index in [-0.39, 0.29) is 6.03 Å². The van der Waals surface area contributed by atoms with E-state index in [4.69, 9.17) is 4.74 Å². The minimum absolute atomic E-state index is 0.0638. The van der Waals surface area contributed by atoms with Crippen molar-refractivity contribution in [1.29, 1.82) is 0 Å². The van der Waals surface area contributed by atoms with Crippen LogP contribution < -0.4 is 10.1 Å². The van der Waals surface area contributed by atoms with Crippen LogP contribution in [-0.4, -0.2) is 49.1 Å². The standard InChI is InChI=1S/C20H25N3O2/c1-25-19-11-6-5-10-18(19)21-20(24)23-13-7-12-22(14-15-23)16-17-8-3-2-4-9-17/h2-6,8-11H,7,12-16H2,1H3,(H,21,24). The van der Waals surface area contributed by atoms with Gasteiger partial charge in [-0.2, -0.15) is 0 Å². The summed E-state index contributed by atoms with van der Waals surface area (Å²) in [6.07, 6.45) is 0.978. The molecule has 1 saturated heterocycles. The molecule has 0 aliphatic carbocycles. The molecule has 0 radical (unpaired) electrons. The van der Waals surface area contributed by atoms with Gasteiger partial charge < -0.3 is 15.0 Å². The van der Waals surface area contributed by atoms with E-state index in [0.717, 1.165) is 39.1 Å². The van der Waals surface area contributed by atoms with Crippen LogP contribution in [0.15, 0.2) is 54.6 Å². The molecule has 25 heavy (non-hydrogen) atoms. The van der Waals surface area contributed by atoms with Crippen molar-refractivity contribution in [1.82, 2.24) is 9.80 Å². The highest BCUT2D eigenvalue weighted by atomic mass is 16.5. The number of urea groups is 1. The van der Waals surface area contributed by atoms with E-state index >= 15 is 0 Å². The number of para-hydroxylation sites is 2. The zero-order valence-electron chi connectivity index (χ0n) is 14.6. The summed E-state index contributed by atoms with van der Waals surface area (Å²) in [5.74, 6) is 0.677. The molecule has 0 unspecified atom stereocenters. The molecule has 0 atom stereocenters. The average molecular weight is 339 g/mol. The van der Waals surface area contributed by atoms with Crippen molar-refractivity contribution < 1.29 is 9.53 Å². The van der Waals surface area contributed by atoms with E-state index in [9.17, 15) is 4.79 Å². The lowest BCUT2D eigenvalue weighted by Crippen LogP contribution is -2.38. The maximum absolute atomic E-state index is 12.6. The summed E-state index contributed by atoms with van der Waals surface area (Å²) in [5, 5.41) is 2.97. The maximum atomic E-state index is 12.6.